The summed E-state index contributed by atoms with van der Waals surface area (Å²) in [4.78, 5) is 22.5. The molecular formula is C32H40N4O3. The molecule has 0 bridgehead atoms. The lowest BCUT2D eigenvalue weighted by atomic mass is 9.98. The third-order valence-corrected chi connectivity index (χ3v) is 7.83. The molecule has 1 aliphatic carbocycles. The van der Waals surface area contributed by atoms with Gasteiger partial charge in [0.2, 0.25) is 5.91 Å². The number of benzene rings is 2. The van der Waals surface area contributed by atoms with Gasteiger partial charge in [-0.25, -0.2) is 4.98 Å². The number of ether oxygens (including phenoxy) is 2. The Morgan fingerprint density at radius 3 is 2.56 bits per heavy atom. The number of morpholine rings is 1. The molecule has 3 aliphatic rings. The van der Waals surface area contributed by atoms with E-state index in [1.165, 1.54) is 16.8 Å². The topological polar surface area (TPSA) is 59.8 Å². The molecule has 39 heavy (non-hydrogen) atoms. The molecule has 3 aromatic rings. The van der Waals surface area contributed by atoms with E-state index in [2.05, 4.69) is 33.0 Å². The predicted molar refractivity (Wildman–Crippen MR) is 156 cm³/mol. The van der Waals surface area contributed by atoms with Crippen LogP contribution in [-0.4, -0.2) is 66.4 Å². The molecule has 3 heterocycles. The average Bonchev–Trinajstić information content (AvgIpc) is 3.61. The maximum absolute atomic E-state index is 13.6. The smallest absolute Gasteiger partial charge is 0.250 e. The van der Waals surface area contributed by atoms with Crippen LogP contribution in [0.15, 0.2) is 54.5 Å². The number of piperidine rings is 1. The summed E-state index contributed by atoms with van der Waals surface area (Å²) in [6, 6.07) is 13.1. The van der Waals surface area contributed by atoms with Gasteiger partial charge in [-0.05, 0) is 79.6 Å². The third-order valence-electron chi connectivity index (χ3n) is 7.83. The second kappa shape index (κ2) is 12.1. The Hall–Kier alpha value is -3.58. The van der Waals surface area contributed by atoms with Crippen LogP contribution >= 0.6 is 0 Å². The molecule has 0 spiro atoms. The lowest BCUT2D eigenvalue weighted by Gasteiger charge is -2.33. The van der Waals surface area contributed by atoms with Gasteiger partial charge in [0.15, 0.2) is 0 Å². The summed E-state index contributed by atoms with van der Waals surface area (Å²) in [5.41, 5.74) is 7.77. The van der Waals surface area contributed by atoms with E-state index in [0.717, 1.165) is 86.8 Å². The predicted octanol–water partition coefficient (Wildman–Crippen LogP) is 5.23. The summed E-state index contributed by atoms with van der Waals surface area (Å²) < 4.78 is 13.1. The Morgan fingerprint density at radius 1 is 1.03 bits per heavy atom. The first kappa shape index (κ1) is 27.0. The van der Waals surface area contributed by atoms with Gasteiger partial charge in [0, 0.05) is 43.1 Å². The Balaban J connectivity index is 0.00000151. The number of hydrogen-bond donors (Lipinski definition) is 0. The lowest BCUT2D eigenvalue weighted by molar-refractivity contribution is -0.130. The minimum atomic E-state index is 0.172. The van der Waals surface area contributed by atoms with Crippen molar-refractivity contribution in [3.05, 3.63) is 76.9 Å². The highest BCUT2D eigenvalue weighted by Gasteiger charge is 2.33. The van der Waals surface area contributed by atoms with Gasteiger partial charge in [0.05, 0.1) is 38.0 Å². The number of aromatic nitrogens is 2. The number of methoxy groups -OCH3 is 1. The number of anilines is 1. The quantitative estimate of drug-likeness (QED) is 0.425. The van der Waals surface area contributed by atoms with E-state index >= 15 is 0 Å². The van der Waals surface area contributed by atoms with E-state index in [4.69, 9.17) is 9.47 Å². The molecular weight excluding hydrogens is 488 g/mol. The van der Waals surface area contributed by atoms with E-state index in [9.17, 15) is 4.79 Å². The molecule has 7 heteroatoms. The van der Waals surface area contributed by atoms with Gasteiger partial charge < -0.3 is 23.8 Å². The first-order chi connectivity index (χ1) is 19.1. The molecule has 1 amide bonds. The number of imidazole rings is 1. The van der Waals surface area contributed by atoms with Gasteiger partial charge in [-0.15, -0.1) is 0 Å². The zero-order valence-electron chi connectivity index (χ0n) is 23.7. The fourth-order valence-corrected chi connectivity index (χ4v) is 5.89. The maximum Gasteiger partial charge on any atom is 0.250 e. The van der Waals surface area contributed by atoms with Crippen molar-refractivity contribution in [1.29, 1.82) is 0 Å². The maximum atomic E-state index is 13.6. The van der Waals surface area contributed by atoms with Crippen molar-refractivity contribution >= 4 is 17.7 Å². The van der Waals surface area contributed by atoms with Crippen LogP contribution in [0.4, 0.5) is 5.69 Å². The number of likely N-dealkylation sites (tertiary alicyclic amines) is 1. The van der Waals surface area contributed by atoms with E-state index in [1.54, 1.807) is 13.4 Å². The fraction of sp³-hybridized carbons (Fsp3) is 0.438. The fourth-order valence-electron chi connectivity index (χ4n) is 5.89. The molecule has 1 aromatic heterocycles. The van der Waals surface area contributed by atoms with E-state index in [1.807, 2.05) is 55.8 Å². The van der Waals surface area contributed by atoms with Crippen molar-refractivity contribution in [1.82, 2.24) is 14.5 Å². The molecule has 6 rings (SSSR count). The summed E-state index contributed by atoms with van der Waals surface area (Å²) in [5.74, 6) is 0.930. The van der Waals surface area contributed by atoms with Gasteiger partial charge in [-0.2, -0.15) is 0 Å². The number of amides is 1. The Kier molecular flexibility index (Phi) is 8.36. The zero-order valence-corrected chi connectivity index (χ0v) is 23.7. The van der Waals surface area contributed by atoms with Crippen LogP contribution < -0.4 is 9.64 Å². The minimum Gasteiger partial charge on any atom is -0.495 e. The summed E-state index contributed by atoms with van der Waals surface area (Å²) in [7, 11) is 1.68. The standard InChI is InChI=1S/C30H34N4O3.C2H6/c1-21-19-33(20-31-21)28-8-5-22(15-29(28)36-2)14-24-4-3-9-34(30(24)35)27-16-23-6-7-26(17-25(23)18-27)32-10-12-37-13-11-32;1-2/h5-8,14-15,17,19-20,27H,3-4,9-13,16,18H2,1-2H3;1-2H3/b24-14+;/t27-;/m0./s1. The number of rotatable bonds is 5. The summed E-state index contributed by atoms with van der Waals surface area (Å²) in [6.07, 6.45) is 9.47. The molecule has 1 atom stereocenters. The number of fused-ring (bicyclic) bond motifs is 1. The average molecular weight is 529 g/mol. The molecule has 206 valence electrons. The van der Waals surface area contributed by atoms with Crippen LogP contribution in [0.1, 0.15) is 49.1 Å². The SMILES string of the molecule is CC.COc1cc(/C=C2\CCCN([C@H]3Cc4ccc(N5CCOCC5)cc4C3)C2=O)ccc1-n1cnc(C)c1. The Bertz CT molecular complexity index is 1340. The Morgan fingerprint density at radius 2 is 1.82 bits per heavy atom. The van der Waals surface area contributed by atoms with Gasteiger partial charge in [0.25, 0.3) is 0 Å². The van der Waals surface area contributed by atoms with Crippen molar-refractivity contribution in [3.63, 3.8) is 0 Å². The summed E-state index contributed by atoms with van der Waals surface area (Å²) in [5, 5.41) is 0. The van der Waals surface area contributed by atoms with Crippen molar-refractivity contribution in [3.8, 4) is 11.4 Å². The lowest BCUT2D eigenvalue weighted by Crippen LogP contribution is -2.44. The van der Waals surface area contributed by atoms with Crippen LogP contribution in [0.25, 0.3) is 11.8 Å². The van der Waals surface area contributed by atoms with Crippen molar-refractivity contribution in [2.24, 2.45) is 0 Å². The molecule has 2 saturated heterocycles. The number of carbonyl (C=O) groups excluding carboxylic acids is 1. The normalized spacial score (nSPS) is 20.1. The van der Waals surface area contributed by atoms with Crippen molar-refractivity contribution < 1.29 is 14.3 Å². The molecule has 0 saturated carbocycles. The third kappa shape index (κ3) is 5.74. The summed E-state index contributed by atoms with van der Waals surface area (Å²) in [6.45, 7) is 10.2. The number of carbonyl (C=O) groups is 1. The molecule has 0 radical (unpaired) electrons. The monoisotopic (exact) mass is 528 g/mol. The molecule has 2 fully saturated rings. The molecule has 2 aliphatic heterocycles. The molecule has 2 aromatic carbocycles. The second-order valence-corrected chi connectivity index (χ2v) is 10.2. The molecule has 0 N–H and O–H groups in total. The van der Waals surface area contributed by atoms with Crippen molar-refractivity contribution in [2.75, 3.05) is 44.9 Å². The van der Waals surface area contributed by atoms with Crippen LogP contribution in [-0.2, 0) is 22.4 Å². The van der Waals surface area contributed by atoms with Crippen molar-refractivity contribution in [2.45, 2.75) is 52.5 Å². The molecule has 0 unspecified atom stereocenters. The van der Waals surface area contributed by atoms with Crippen LogP contribution in [0, 0.1) is 6.92 Å². The Labute approximate surface area is 232 Å². The van der Waals surface area contributed by atoms with Crippen LogP contribution in [0.2, 0.25) is 0 Å². The largest absolute Gasteiger partial charge is 0.495 e. The first-order valence-corrected chi connectivity index (χ1v) is 14.2. The van der Waals surface area contributed by atoms with E-state index in [0.29, 0.717) is 0 Å². The van der Waals surface area contributed by atoms with E-state index in [-0.39, 0.29) is 11.9 Å². The highest BCUT2D eigenvalue weighted by molar-refractivity contribution is 5.99. The van der Waals surface area contributed by atoms with Crippen LogP contribution in [0.3, 0.4) is 0 Å². The number of aryl methyl sites for hydroxylation is 1. The highest BCUT2D eigenvalue weighted by atomic mass is 16.5. The van der Waals surface area contributed by atoms with E-state index < -0.39 is 0 Å². The van der Waals surface area contributed by atoms with Gasteiger partial charge in [-0.1, -0.05) is 26.0 Å². The number of nitrogens with zero attached hydrogens (tertiary/aromatic N) is 4. The minimum absolute atomic E-state index is 0.172. The molecule has 7 nitrogen and oxygen atoms in total. The van der Waals surface area contributed by atoms with Crippen LogP contribution in [0.5, 0.6) is 5.75 Å². The van der Waals surface area contributed by atoms with Gasteiger partial charge in [0.1, 0.15) is 5.75 Å². The zero-order chi connectivity index (χ0) is 27.4. The summed E-state index contributed by atoms with van der Waals surface area (Å²) >= 11 is 0. The highest BCUT2D eigenvalue weighted by Crippen LogP contribution is 2.33. The van der Waals surface area contributed by atoms with Gasteiger partial charge in [-0.3, -0.25) is 4.79 Å². The second-order valence-electron chi connectivity index (χ2n) is 10.2. The number of hydrogen-bond acceptors (Lipinski definition) is 5. The van der Waals surface area contributed by atoms with Gasteiger partial charge >= 0.3 is 0 Å². The first-order valence-electron chi connectivity index (χ1n) is 14.2.